The number of amides is 2. The van der Waals surface area contributed by atoms with Crippen molar-refractivity contribution in [2.75, 3.05) is 37.6 Å². The molecule has 3 aliphatic rings. The first-order valence-corrected chi connectivity index (χ1v) is 12.4. The van der Waals surface area contributed by atoms with Gasteiger partial charge in [0.2, 0.25) is 11.8 Å². The molecular weight excluding hydrogens is 416 g/mol. The predicted octanol–water partition coefficient (Wildman–Crippen LogP) is 1.99. The Balaban J connectivity index is 1.39. The fourth-order valence-electron chi connectivity index (χ4n) is 6.09. The van der Waals surface area contributed by atoms with Crippen molar-refractivity contribution in [2.24, 2.45) is 13.0 Å². The summed E-state index contributed by atoms with van der Waals surface area (Å²) in [6.07, 6.45) is 3.43. The van der Waals surface area contributed by atoms with E-state index in [9.17, 15) is 9.59 Å². The number of hydrogen-bond acceptors (Lipinski definition) is 6. The van der Waals surface area contributed by atoms with Gasteiger partial charge in [0.25, 0.3) is 0 Å². The van der Waals surface area contributed by atoms with Crippen LogP contribution >= 0.6 is 0 Å². The second kappa shape index (κ2) is 9.06. The highest BCUT2D eigenvalue weighted by Gasteiger charge is 2.35. The topological polar surface area (TPSA) is 82.5 Å². The standard InChI is InChI=1S/C25H36N6O2/c1-16-13-30(14-17(2)31(16)15-18-9-11-26-12-10-18)21-6-4-5-19-23(28-29(3)24(19)21)20-7-8-22(32)27-25(20)33/h4-6,16-18,20,26H,7-15H2,1-3H3,(H,27,32,33)/t16-,17+,20?. The van der Waals surface area contributed by atoms with Gasteiger partial charge in [-0.05, 0) is 58.2 Å². The molecule has 0 bridgehead atoms. The number of aryl methyl sites for hydroxylation is 1. The van der Waals surface area contributed by atoms with Gasteiger partial charge in [-0.15, -0.1) is 0 Å². The van der Waals surface area contributed by atoms with Gasteiger partial charge < -0.3 is 10.2 Å². The summed E-state index contributed by atoms with van der Waals surface area (Å²) in [4.78, 5) is 29.3. The minimum Gasteiger partial charge on any atom is -0.367 e. The molecule has 0 saturated carbocycles. The second-order valence-corrected chi connectivity index (χ2v) is 10.2. The summed E-state index contributed by atoms with van der Waals surface area (Å²) < 4.78 is 1.92. The van der Waals surface area contributed by atoms with E-state index >= 15 is 0 Å². The van der Waals surface area contributed by atoms with Crippen LogP contribution in [0.25, 0.3) is 10.9 Å². The van der Waals surface area contributed by atoms with Crippen LogP contribution < -0.4 is 15.5 Å². The molecule has 0 aliphatic carbocycles. The van der Waals surface area contributed by atoms with Crippen molar-refractivity contribution >= 4 is 28.4 Å². The molecule has 2 amide bonds. The van der Waals surface area contributed by atoms with E-state index in [0.29, 0.717) is 24.9 Å². The molecule has 3 saturated heterocycles. The summed E-state index contributed by atoms with van der Waals surface area (Å²) in [5.41, 5.74) is 3.04. The largest absolute Gasteiger partial charge is 0.367 e. The van der Waals surface area contributed by atoms with E-state index in [4.69, 9.17) is 5.10 Å². The third-order valence-electron chi connectivity index (χ3n) is 7.81. The zero-order valence-electron chi connectivity index (χ0n) is 20.0. The van der Waals surface area contributed by atoms with Crippen LogP contribution in [0.15, 0.2) is 18.2 Å². The lowest BCUT2D eigenvalue weighted by Crippen LogP contribution is -2.58. The zero-order valence-corrected chi connectivity index (χ0v) is 20.0. The van der Waals surface area contributed by atoms with Crippen LogP contribution in [0.1, 0.15) is 51.1 Å². The van der Waals surface area contributed by atoms with E-state index in [1.165, 1.54) is 25.1 Å². The van der Waals surface area contributed by atoms with E-state index in [0.717, 1.165) is 48.7 Å². The highest BCUT2D eigenvalue weighted by molar-refractivity contribution is 6.03. The van der Waals surface area contributed by atoms with Gasteiger partial charge in [0, 0.05) is 50.6 Å². The maximum atomic E-state index is 12.5. The molecule has 2 N–H and O–H groups in total. The Labute approximate surface area is 195 Å². The first-order chi connectivity index (χ1) is 15.9. The van der Waals surface area contributed by atoms with E-state index < -0.39 is 0 Å². The summed E-state index contributed by atoms with van der Waals surface area (Å²) in [7, 11) is 1.96. The summed E-state index contributed by atoms with van der Waals surface area (Å²) in [5.74, 6) is -0.00597. The Hall–Kier alpha value is -2.45. The van der Waals surface area contributed by atoms with Gasteiger partial charge in [-0.3, -0.25) is 24.5 Å². The number of imide groups is 1. The molecule has 178 valence electrons. The van der Waals surface area contributed by atoms with Crippen molar-refractivity contribution in [3.05, 3.63) is 23.9 Å². The fourth-order valence-corrected chi connectivity index (χ4v) is 6.09. The third kappa shape index (κ3) is 4.26. The van der Waals surface area contributed by atoms with E-state index in [-0.39, 0.29) is 17.7 Å². The number of rotatable bonds is 4. The van der Waals surface area contributed by atoms with Gasteiger partial charge in [0.15, 0.2) is 0 Å². The number of anilines is 1. The Kier molecular flexibility index (Phi) is 6.14. The quantitative estimate of drug-likeness (QED) is 0.691. The second-order valence-electron chi connectivity index (χ2n) is 10.2. The number of nitrogens with one attached hydrogen (secondary N) is 2. The van der Waals surface area contributed by atoms with Crippen LogP contribution in [0.4, 0.5) is 5.69 Å². The number of carbonyl (C=O) groups is 2. The zero-order chi connectivity index (χ0) is 23.1. The first-order valence-electron chi connectivity index (χ1n) is 12.4. The van der Waals surface area contributed by atoms with Gasteiger partial charge in [-0.25, -0.2) is 0 Å². The number of hydrogen-bond donors (Lipinski definition) is 2. The minimum atomic E-state index is -0.374. The summed E-state index contributed by atoms with van der Waals surface area (Å²) >= 11 is 0. The van der Waals surface area contributed by atoms with Crippen LogP contribution in [0, 0.1) is 5.92 Å². The number of carbonyl (C=O) groups excluding carboxylic acids is 2. The first kappa shape index (κ1) is 22.3. The highest BCUT2D eigenvalue weighted by atomic mass is 16.2. The molecule has 1 aromatic carbocycles. The van der Waals surface area contributed by atoms with Gasteiger partial charge >= 0.3 is 0 Å². The van der Waals surface area contributed by atoms with E-state index in [2.05, 4.69) is 52.5 Å². The number of piperidine rings is 2. The molecule has 5 rings (SSSR count). The average Bonchev–Trinajstić information content (AvgIpc) is 3.13. The van der Waals surface area contributed by atoms with Crippen LogP contribution in [-0.2, 0) is 16.6 Å². The minimum absolute atomic E-state index is 0.192. The predicted molar refractivity (Wildman–Crippen MR) is 129 cm³/mol. The molecule has 8 heteroatoms. The van der Waals surface area contributed by atoms with Crippen molar-refractivity contribution in [2.45, 2.75) is 57.5 Å². The Morgan fingerprint density at radius 1 is 1.06 bits per heavy atom. The molecule has 2 aromatic rings. The number of para-hydroxylation sites is 1. The molecule has 0 radical (unpaired) electrons. The number of nitrogens with zero attached hydrogens (tertiary/aromatic N) is 4. The lowest BCUT2D eigenvalue weighted by Gasteiger charge is -2.47. The van der Waals surface area contributed by atoms with Gasteiger partial charge in [-0.2, -0.15) is 5.10 Å². The molecule has 3 atom stereocenters. The molecule has 8 nitrogen and oxygen atoms in total. The summed E-state index contributed by atoms with van der Waals surface area (Å²) in [5, 5.41) is 11.8. The monoisotopic (exact) mass is 452 g/mol. The average molecular weight is 453 g/mol. The molecule has 1 aromatic heterocycles. The van der Waals surface area contributed by atoms with Crippen LogP contribution in [-0.4, -0.2) is 71.3 Å². The van der Waals surface area contributed by atoms with Gasteiger partial charge in [-0.1, -0.05) is 12.1 Å². The van der Waals surface area contributed by atoms with Crippen molar-refractivity contribution in [3.8, 4) is 0 Å². The fraction of sp³-hybridized carbons (Fsp3) is 0.640. The summed E-state index contributed by atoms with van der Waals surface area (Å²) in [6.45, 7) is 10.1. The third-order valence-corrected chi connectivity index (χ3v) is 7.81. The van der Waals surface area contributed by atoms with Crippen molar-refractivity contribution < 1.29 is 9.59 Å². The number of piperazine rings is 1. The summed E-state index contributed by atoms with van der Waals surface area (Å²) in [6, 6.07) is 7.26. The van der Waals surface area contributed by atoms with Crippen LogP contribution in [0.2, 0.25) is 0 Å². The smallest absolute Gasteiger partial charge is 0.235 e. The Bertz CT molecular complexity index is 1030. The lowest BCUT2D eigenvalue weighted by atomic mass is 9.92. The highest BCUT2D eigenvalue weighted by Crippen LogP contribution is 2.36. The van der Waals surface area contributed by atoms with Crippen molar-refractivity contribution in [1.82, 2.24) is 25.3 Å². The Morgan fingerprint density at radius 2 is 1.79 bits per heavy atom. The van der Waals surface area contributed by atoms with Gasteiger partial charge in [0.1, 0.15) is 0 Å². The van der Waals surface area contributed by atoms with Crippen LogP contribution in [0.3, 0.4) is 0 Å². The molecule has 33 heavy (non-hydrogen) atoms. The maximum absolute atomic E-state index is 12.5. The van der Waals surface area contributed by atoms with E-state index in [1.807, 2.05) is 11.7 Å². The van der Waals surface area contributed by atoms with Crippen LogP contribution in [0.5, 0.6) is 0 Å². The molecule has 4 heterocycles. The maximum Gasteiger partial charge on any atom is 0.235 e. The lowest BCUT2D eigenvalue weighted by molar-refractivity contribution is -0.134. The van der Waals surface area contributed by atoms with Crippen molar-refractivity contribution in [3.63, 3.8) is 0 Å². The molecule has 1 unspecified atom stereocenters. The number of fused-ring (bicyclic) bond motifs is 1. The SMILES string of the molecule is C[C@@H]1CN(c2cccc3c(C4CCC(=O)NC4=O)nn(C)c23)C[C@H](C)N1CC1CCNCC1. The van der Waals surface area contributed by atoms with Gasteiger partial charge in [0.05, 0.1) is 22.8 Å². The molecule has 0 spiro atoms. The van der Waals surface area contributed by atoms with Crippen molar-refractivity contribution in [1.29, 1.82) is 0 Å². The number of aromatic nitrogens is 2. The molecule has 3 aliphatic heterocycles. The molecule has 3 fully saturated rings. The molecular formula is C25H36N6O2. The normalized spacial score (nSPS) is 27.8. The van der Waals surface area contributed by atoms with E-state index in [1.54, 1.807) is 0 Å². The Morgan fingerprint density at radius 3 is 2.48 bits per heavy atom. The number of benzene rings is 1.